The van der Waals surface area contributed by atoms with Crippen LogP contribution in [0.3, 0.4) is 0 Å². The zero-order valence-electron chi connectivity index (χ0n) is 17.6. The first-order valence-electron chi connectivity index (χ1n) is 10.4. The van der Waals surface area contributed by atoms with Crippen LogP contribution in [0.25, 0.3) is 0 Å². The molecule has 0 aliphatic carbocycles. The van der Waals surface area contributed by atoms with Crippen molar-refractivity contribution in [1.29, 1.82) is 0 Å². The van der Waals surface area contributed by atoms with Gasteiger partial charge in [-0.25, -0.2) is 0 Å². The first-order chi connectivity index (χ1) is 15.5. The van der Waals surface area contributed by atoms with E-state index in [4.69, 9.17) is 23.7 Å². The summed E-state index contributed by atoms with van der Waals surface area (Å²) in [5.74, 6) is 0. The molecule has 3 saturated heterocycles. The van der Waals surface area contributed by atoms with E-state index < -0.39 is 105 Å². The van der Waals surface area contributed by atoms with Gasteiger partial charge < -0.3 is 74.7 Å². The van der Waals surface area contributed by atoms with Crippen LogP contribution in [-0.2, 0) is 23.7 Å². The summed E-state index contributed by atoms with van der Waals surface area (Å²) >= 11 is 0. The zero-order chi connectivity index (χ0) is 24.6. The van der Waals surface area contributed by atoms with Crippen molar-refractivity contribution < 1.29 is 74.7 Å². The molecule has 3 heterocycles. The van der Waals surface area contributed by atoms with E-state index in [1.165, 1.54) is 6.92 Å². The van der Waals surface area contributed by atoms with Crippen LogP contribution in [0.4, 0.5) is 0 Å². The van der Waals surface area contributed by atoms with Gasteiger partial charge in [-0.2, -0.15) is 0 Å². The summed E-state index contributed by atoms with van der Waals surface area (Å²) in [7, 11) is 0. The second-order valence-corrected chi connectivity index (χ2v) is 8.32. The topological polar surface area (TPSA) is 248 Å². The van der Waals surface area contributed by atoms with Crippen LogP contribution in [-0.4, -0.2) is 156 Å². The van der Waals surface area contributed by atoms with Crippen molar-refractivity contribution >= 4 is 0 Å². The van der Waals surface area contributed by atoms with Gasteiger partial charge in [-0.1, -0.05) is 0 Å². The lowest BCUT2D eigenvalue weighted by Gasteiger charge is -2.48. The lowest BCUT2D eigenvalue weighted by molar-refractivity contribution is -0.386. The van der Waals surface area contributed by atoms with Gasteiger partial charge in [0.2, 0.25) is 0 Å². The molecule has 3 aliphatic rings. The Morgan fingerprint density at radius 1 is 0.545 bits per heavy atom. The van der Waals surface area contributed by atoms with Crippen LogP contribution in [0.2, 0.25) is 0 Å². The third kappa shape index (κ3) is 5.32. The number of rotatable bonds is 6. The van der Waals surface area contributed by atoms with E-state index in [0.717, 1.165) is 0 Å². The molecule has 0 unspecified atom stereocenters. The number of aliphatic hydroxyl groups is 10. The van der Waals surface area contributed by atoms with E-state index in [1.807, 2.05) is 0 Å². The Kier molecular flexibility index (Phi) is 8.99. The van der Waals surface area contributed by atoms with Crippen LogP contribution in [0.1, 0.15) is 6.92 Å². The highest BCUT2D eigenvalue weighted by atomic mass is 16.8. The van der Waals surface area contributed by atoms with Gasteiger partial charge in [-0.15, -0.1) is 0 Å². The normalized spacial score (nSPS) is 53.7. The van der Waals surface area contributed by atoms with Crippen molar-refractivity contribution in [2.24, 2.45) is 0 Å². The molecule has 3 fully saturated rings. The molecule has 3 aliphatic heterocycles. The zero-order valence-corrected chi connectivity index (χ0v) is 17.6. The molecule has 15 nitrogen and oxygen atoms in total. The molecule has 10 N–H and O–H groups in total. The summed E-state index contributed by atoms with van der Waals surface area (Å²) in [6, 6.07) is 0. The fourth-order valence-corrected chi connectivity index (χ4v) is 3.97. The van der Waals surface area contributed by atoms with Gasteiger partial charge in [0.05, 0.1) is 19.3 Å². The fraction of sp³-hybridized carbons (Fsp3) is 1.00. The number of aliphatic hydroxyl groups excluding tert-OH is 10. The van der Waals surface area contributed by atoms with Gasteiger partial charge in [0, 0.05) is 0 Å². The van der Waals surface area contributed by atoms with Crippen LogP contribution < -0.4 is 0 Å². The smallest absolute Gasteiger partial charge is 0.187 e. The molecule has 0 saturated carbocycles. The predicted octanol–water partition coefficient (Wildman–Crippen LogP) is -6.55. The lowest BCUT2D eigenvalue weighted by Crippen LogP contribution is -2.66. The standard InChI is InChI=1S/C18H32O15/c1-4-7(21)10(24)12(26)17(29-4)33-15-14(9(23)6(3-20)30-16(15)28)32-18-13(27)11(25)8(22)5(2-19)31-18/h4-28H,2-3H2,1H3/t4-,5+,6+,7-,8+,9+,10+,11-,12+,13-,14-,15+,16+,17-,18+/m0/s1. The fourth-order valence-electron chi connectivity index (χ4n) is 3.97. The molecular weight excluding hydrogens is 456 g/mol. The third-order valence-electron chi connectivity index (χ3n) is 6.06. The second-order valence-electron chi connectivity index (χ2n) is 8.32. The minimum Gasteiger partial charge on any atom is -0.394 e. The van der Waals surface area contributed by atoms with Gasteiger partial charge in [-0.05, 0) is 6.92 Å². The molecule has 0 aromatic rings. The van der Waals surface area contributed by atoms with E-state index in [1.54, 1.807) is 0 Å². The molecule has 15 atom stereocenters. The Labute approximate surface area is 187 Å². The molecule has 15 heteroatoms. The number of hydrogen-bond donors (Lipinski definition) is 10. The van der Waals surface area contributed by atoms with Crippen molar-refractivity contribution in [3.8, 4) is 0 Å². The van der Waals surface area contributed by atoms with Crippen molar-refractivity contribution in [2.45, 2.75) is 99.0 Å². The molecule has 0 bridgehead atoms. The molecule has 3 rings (SSSR count). The molecule has 0 aromatic carbocycles. The Morgan fingerprint density at radius 2 is 1.03 bits per heavy atom. The number of ether oxygens (including phenoxy) is 5. The van der Waals surface area contributed by atoms with E-state index in [-0.39, 0.29) is 0 Å². The van der Waals surface area contributed by atoms with E-state index >= 15 is 0 Å². The molecular formula is C18H32O15. The van der Waals surface area contributed by atoms with Crippen molar-refractivity contribution in [3.63, 3.8) is 0 Å². The van der Waals surface area contributed by atoms with Crippen molar-refractivity contribution in [3.05, 3.63) is 0 Å². The highest BCUT2D eigenvalue weighted by molar-refractivity contribution is 4.96. The Hall–Kier alpha value is -0.600. The first kappa shape index (κ1) is 27.0. The van der Waals surface area contributed by atoms with E-state index in [9.17, 15) is 51.1 Å². The average Bonchev–Trinajstić information content (AvgIpc) is 2.79. The van der Waals surface area contributed by atoms with Crippen LogP contribution in [0, 0.1) is 0 Å². The minimum atomic E-state index is -1.88. The Balaban J connectivity index is 1.82. The highest BCUT2D eigenvalue weighted by Crippen LogP contribution is 2.32. The van der Waals surface area contributed by atoms with Gasteiger partial charge in [0.1, 0.15) is 67.1 Å². The average molecular weight is 488 g/mol. The molecule has 33 heavy (non-hydrogen) atoms. The maximum absolute atomic E-state index is 10.6. The van der Waals surface area contributed by atoms with Crippen LogP contribution in [0.5, 0.6) is 0 Å². The summed E-state index contributed by atoms with van der Waals surface area (Å²) in [6.07, 6.45) is -24.1. The maximum Gasteiger partial charge on any atom is 0.187 e. The summed E-state index contributed by atoms with van der Waals surface area (Å²) in [4.78, 5) is 0. The van der Waals surface area contributed by atoms with Crippen LogP contribution >= 0.6 is 0 Å². The summed E-state index contributed by atoms with van der Waals surface area (Å²) < 4.78 is 26.7. The summed E-state index contributed by atoms with van der Waals surface area (Å²) in [6.45, 7) is -0.115. The molecule has 0 spiro atoms. The monoisotopic (exact) mass is 488 g/mol. The predicted molar refractivity (Wildman–Crippen MR) is 99.8 cm³/mol. The van der Waals surface area contributed by atoms with Crippen molar-refractivity contribution in [2.75, 3.05) is 13.2 Å². The summed E-state index contributed by atoms with van der Waals surface area (Å²) in [5, 5.41) is 100.0. The maximum atomic E-state index is 10.6. The van der Waals surface area contributed by atoms with E-state index in [0.29, 0.717) is 0 Å². The Morgan fingerprint density at radius 3 is 1.61 bits per heavy atom. The van der Waals surface area contributed by atoms with Gasteiger partial charge in [-0.3, -0.25) is 0 Å². The molecule has 0 radical (unpaired) electrons. The van der Waals surface area contributed by atoms with Gasteiger partial charge >= 0.3 is 0 Å². The Bertz CT molecular complexity index is 624. The van der Waals surface area contributed by atoms with Gasteiger partial charge in [0.25, 0.3) is 0 Å². The molecule has 194 valence electrons. The summed E-state index contributed by atoms with van der Waals surface area (Å²) in [5.41, 5.74) is 0. The third-order valence-corrected chi connectivity index (χ3v) is 6.06. The second kappa shape index (κ2) is 11.0. The van der Waals surface area contributed by atoms with Crippen molar-refractivity contribution in [1.82, 2.24) is 0 Å². The first-order valence-corrected chi connectivity index (χ1v) is 10.4. The lowest BCUT2D eigenvalue weighted by atomic mass is 9.96. The number of hydrogen-bond acceptors (Lipinski definition) is 15. The minimum absolute atomic E-state index is 0.747. The molecule has 0 amide bonds. The van der Waals surface area contributed by atoms with Crippen LogP contribution in [0.15, 0.2) is 0 Å². The quantitative estimate of drug-likeness (QED) is 0.167. The van der Waals surface area contributed by atoms with Gasteiger partial charge in [0.15, 0.2) is 18.9 Å². The van der Waals surface area contributed by atoms with E-state index in [2.05, 4.69) is 0 Å². The SMILES string of the molecule is C[C@@H]1O[C@@H](O[C@@H]2[C@@H](O[C@H]3O[C@H](CO)[C@@H](O)[C@H](O)[C@@H]3O)[C@H](O)[C@@H](CO)O[C@H]2O)[C@H](O)[C@H](O)[C@H]1O. The molecule has 0 aromatic heterocycles. The highest BCUT2D eigenvalue weighted by Gasteiger charge is 2.53. The largest absolute Gasteiger partial charge is 0.394 e.